The van der Waals surface area contributed by atoms with Gasteiger partial charge in [0.05, 0.1) is 31.8 Å². The van der Waals surface area contributed by atoms with Crippen molar-refractivity contribution in [2.24, 2.45) is 4.99 Å². The van der Waals surface area contributed by atoms with Gasteiger partial charge in [0.2, 0.25) is 0 Å². The van der Waals surface area contributed by atoms with Crippen molar-refractivity contribution in [1.29, 1.82) is 0 Å². The van der Waals surface area contributed by atoms with Crippen molar-refractivity contribution in [3.05, 3.63) is 71.5 Å². The molecule has 0 bridgehead atoms. The third kappa shape index (κ3) is 7.21. The minimum Gasteiger partial charge on any atom is -0.379 e. The van der Waals surface area contributed by atoms with Crippen LogP contribution < -0.4 is 10.6 Å². The second-order valence-corrected chi connectivity index (χ2v) is 7.22. The average Bonchev–Trinajstić information content (AvgIpc) is 2.75. The first-order chi connectivity index (χ1) is 14.2. The Kier molecular flexibility index (Phi) is 10.5. The number of hydrogen-bond acceptors (Lipinski definition) is 3. The molecule has 2 aromatic carbocycles. The molecule has 1 heterocycles. The summed E-state index contributed by atoms with van der Waals surface area (Å²) in [6, 6.07) is 17.3. The molecule has 0 saturated carbocycles. The van der Waals surface area contributed by atoms with Crippen LogP contribution in [0.25, 0.3) is 0 Å². The zero-order chi connectivity index (χ0) is 20.5. The maximum Gasteiger partial charge on any atom is 0.191 e. The molecule has 5 nitrogen and oxygen atoms in total. The Morgan fingerprint density at radius 2 is 1.80 bits per heavy atom. The second kappa shape index (κ2) is 12.9. The topological polar surface area (TPSA) is 48.9 Å². The largest absolute Gasteiger partial charge is 0.379 e. The predicted octanol–water partition coefficient (Wildman–Crippen LogP) is 4.13. The van der Waals surface area contributed by atoms with E-state index in [9.17, 15) is 4.39 Å². The monoisotopic (exact) mass is 526 g/mol. The van der Waals surface area contributed by atoms with Gasteiger partial charge in [-0.25, -0.2) is 4.39 Å². The van der Waals surface area contributed by atoms with Gasteiger partial charge in [0.15, 0.2) is 5.96 Å². The number of halogens is 2. The van der Waals surface area contributed by atoms with Crippen molar-refractivity contribution in [2.75, 3.05) is 39.4 Å². The number of benzene rings is 2. The van der Waals surface area contributed by atoms with E-state index < -0.39 is 0 Å². The molecule has 2 unspecified atom stereocenters. The van der Waals surface area contributed by atoms with Gasteiger partial charge in [-0.3, -0.25) is 9.89 Å². The molecule has 2 N–H and O–H groups in total. The van der Waals surface area contributed by atoms with E-state index in [1.165, 1.54) is 11.6 Å². The number of nitrogens with zero attached hydrogens (tertiary/aromatic N) is 2. The fourth-order valence-corrected chi connectivity index (χ4v) is 3.56. The summed E-state index contributed by atoms with van der Waals surface area (Å²) < 4.78 is 19.4. The number of aliphatic imine (C=N–C) groups is 1. The summed E-state index contributed by atoms with van der Waals surface area (Å²) >= 11 is 0. The van der Waals surface area contributed by atoms with E-state index in [-0.39, 0.29) is 41.9 Å². The van der Waals surface area contributed by atoms with Crippen LogP contribution in [0.5, 0.6) is 0 Å². The third-order valence-corrected chi connectivity index (χ3v) is 5.14. The lowest BCUT2D eigenvalue weighted by atomic mass is 10.0. The van der Waals surface area contributed by atoms with Crippen LogP contribution in [-0.4, -0.2) is 50.3 Å². The second-order valence-electron chi connectivity index (χ2n) is 7.22. The first-order valence-corrected chi connectivity index (χ1v) is 10.3. The van der Waals surface area contributed by atoms with Crippen LogP contribution in [0.2, 0.25) is 0 Å². The van der Waals surface area contributed by atoms with Gasteiger partial charge in [0.25, 0.3) is 0 Å². The lowest BCUT2D eigenvalue weighted by molar-refractivity contribution is 0.0179. The van der Waals surface area contributed by atoms with Gasteiger partial charge in [-0.1, -0.05) is 42.5 Å². The number of morpholine rings is 1. The zero-order valence-corrected chi connectivity index (χ0v) is 20.0. The van der Waals surface area contributed by atoms with Gasteiger partial charge in [-0.2, -0.15) is 0 Å². The molecule has 1 aliphatic heterocycles. The van der Waals surface area contributed by atoms with Gasteiger partial charge in [0, 0.05) is 19.6 Å². The molecule has 2 aromatic rings. The van der Waals surface area contributed by atoms with Crippen molar-refractivity contribution in [1.82, 2.24) is 15.5 Å². The van der Waals surface area contributed by atoms with E-state index in [4.69, 9.17) is 9.73 Å². The third-order valence-electron chi connectivity index (χ3n) is 5.14. The van der Waals surface area contributed by atoms with Crippen molar-refractivity contribution < 1.29 is 9.13 Å². The Hall–Kier alpha value is -1.71. The van der Waals surface area contributed by atoms with Crippen LogP contribution in [0, 0.1) is 5.82 Å². The summed E-state index contributed by atoms with van der Waals surface area (Å²) in [6.45, 7) is 8.51. The molecule has 0 amide bonds. The summed E-state index contributed by atoms with van der Waals surface area (Å²) in [4.78, 5) is 7.18. The number of ether oxygens (including phenoxy) is 1. The molecule has 0 spiro atoms. The van der Waals surface area contributed by atoms with Crippen LogP contribution in [0.1, 0.15) is 37.1 Å². The molecular weight excluding hydrogens is 494 g/mol. The summed E-state index contributed by atoms with van der Waals surface area (Å²) in [7, 11) is 0. The maximum atomic E-state index is 13.9. The molecule has 2 atom stereocenters. The minimum atomic E-state index is -0.215. The highest BCUT2D eigenvalue weighted by Crippen LogP contribution is 2.23. The van der Waals surface area contributed by atoms with Crippen LogP contribution in [0.15, 0.2) is 59.6 Å². The lowest BCUT2D eigenvalue weighted by Gasteiger charge is -2.34. The summed E-state index contributed by atoms with van der Waals surface area (Å²) in [5.41, 5.74) is 2.15. The summed E-state index contributed by atoms with van der Waals surface area (Å²) in [5, 5.41) is 6.80. The maximum absolute atomic E-state index is 13.9. The molecule has 1 fully saturated rings. The number of guanidine groups is 1. The van der Waals surface area contributed by atoms with E-state index in [0.29, 0.717) is 19.8 Å². The highest BCUT2D eigenvalue weighted by molar-refractivity contribution is 14.0. The minimum absolute atomic E-state index is 0. The highest BCUT2D eigenvalue weighted by atomic mass is 127. The van der Waals surface area contributed by atoms with E-state index in [1.807, 2.05) is 24.3 Å². The normalized spacial score (nSPS) is 17.0. The molecule has 1 aliphatic rings. The van der Waals surface area contributed by atoms with Crippen molar-refractivity contribution in [3.8, 4) is 0 Å². The average molecular weight is 526 g/mol. The Morgan fingerprint density at radius 1 is 1.10 bits per heavy atom. The molecule has 30 heavy (non-hydrogen) atoms. The predicted molar refractivity (Wildman–Crippen MR) is 131 cm³/mol. The van der Waals surface area contributed by atoms with Crippen LogP contribution in [0.4, 0.5) is 4.39 Å². The summed E-state index contributed by atoms with van der Waals surface area (Å²) in [6.07, 6.45) is 0. The van der Waals surface area contributed by atoms with E-state index in [1.54, 1.807) is 12.1 Å². The Morgan fingerprint density at radius 3 is 2.47 bits per heavy atom. The first-order valence-electron chi connectivity index (χ1n) is 10.3. The van der Waals surface area contributed by atoms with E-state index in [0.717, 1.165) is 31.2 Å². The van der Waals surface area contributed by atoms with Crippen LogP contribution in [-0.2, 0) is 4.74 Å². The summed E-state index contributed by atoms with van der Waals surface area (Å²) in [5.74, 6) is 0.547. The highest BCUT2D eigenvalue weighted by Gasteiger charge is 2.23. The Labute approximate surface area is 196 Å². The van der Waals surface area contributed by atoms with E-state index in [2.05, 4.69) is 41.5 Å². The zero-order valence-electron chi connectivity index (χ0n) is 17.7. The molecule has 1 saturated heterocycles. The van der Waals surface area contributed by atoms with Crippen molar-refractivity contribution in [2.45, 2.75) is 25.9 Å². The van der Waals surface area contributed by atoms with E-state index >= 15 is 0 Å². The number of rotatable bonds is 7. The van der Waals surface area contributed by atoms with Gasteiger partial charge in [-0.15, -0.1) is 24.0 Å². The van der Waals surface area contributed by atoms with Crippen LogP contribution in [0.3, 0.4) is 0 Å². The number of hydrogen-bond donors (Lipinski definition) is 2. The quantitative estimate of drug-likeness (QED) is 0.324. The smallest absolute Gasteiger partial charge is 0.191 e. The van der Waals surface area contributed by atoms with Gasteiger partial charge < -0.3 is 15.4 Å². The van der Waals surface area contributed by atoms with Gasteiger partial charge >= 0.3 is 0 Å². The van der Waals surface area contributed by atoms with Crippen molar-refractivity contribution in [3.63, 3.8) is 0 Å². The molecule has 164 valence electrons. The van der Waals surface area contributed by atoms with Crippen LogP contribution >= 0.6 is 24.0 Å². The standard InChI is InChI=1S/C23H31FN4O.HI/c1-3-25-23(27-18(2)19-8-5-4-6-9-19)26-17-22(28-12-14-29-15-13-28)20-10-7-11-21(24)16-20;/h4-11,16,18,22H,3,12-15,17H2,1-2H3,(H2,25,26,27);1H. The fraction of sp³-hybridized carbons (Fsp3) is 0.435. The van der Waals surface area contributed by atoms with Gasteiger partial charge in [0.1, 0.15) is 5.82 Å². The molecule has 0 radical (unpaired) electrons. The Bertz CT molecular complexity index is 784. The first kappa shape index (κ1) is 24.6. The fourth-order valence-electron chi connectivity index (χ4n) is 3.56. The molecule has 0 aromatic heterocycles. The van der Waals surface area contributed by atoms with Gasteiger partial charge in [-0.05, 0) is 37.1 Å². The molecule has 0 aliphatic carbocycles. The Balaban J connectivity index is 0.00000320. The number of nitrogens with one attached hydrogen (secondary N) is 2. The molecule has 7 heteroatoms. The molecular formula is C23H32FIN4O. The molecule has 3 rings (SSSR count). The SMILES string of the molecule is CCNC(=NCC(c1cccc(F)c1)N1CCOCC1)NC(C)c1ccccc1.I. The lowest BCUT2D eigenvalue weighted by Crippen LogP contribution is -2.42. The van der Waals surface area contributed by atoms with Crippen molar-refractivity contribution >= 4 is 29.9 Å².